The van der Waals surface area contributed by atoms with Crippen molar-refractivity contribution in [2.24, 2.45) is 7.05 Å². The first-order chi connectivity index (χ1) is 11.2. The number of aromatic nitrogens is 1. The molecule has 23 heavy (non-hydrogen) atoms. The fourth-order valence-electron chi connectivity index (χ4n) is 3.88. The highest BCUT2D eigenvalue weighted by Crippen LogP contribution is 2.37. The van der Waals surface area contributed by atoms with Gasteiger partial charge in [0.2, 0.25) is 0 Å². The zero-order chi connectivity index (χ0) is 16.0. The molecule has 0 bridgehead atoms. The molecular weight excluding hydrogens is 278 g/mol. The van der Waals surface area contributed by atoms with Crippen LogP contribution in [0.4, 0.5) is 0 Å². The van der Waals surface area contributed by atoms with E-state index in [4.69, 9.17) is 0 Å². The van der Waals surface area contributed by atoms with E-state index >= 15 is 0 Å². The van der Waals surface area contributed by atoms with E-state index in [0.29, 0.717) is 0 Å². The Kier molecular flexibility index (Phi) is 3.23. The molecule has 0 radical (unpaired) electrons. The van der Waals surface area contributed by atoms with E-state index in [9.17, 15) is 0 Å². The highest BCUT2D eigenvalue weighted by atomic mass is 14.9. The van der Waals surface area contributed by atoms with E-state index < -0.39 is 0 Å². The summed E-state index contributed by atoms with van der Waals surface area (Å²) in [6.07, 6.45) is 1.05. The zero-order valence-corrected chi connectivity index (χ0v) is 13.9. The van der Waals surface area contributed by atoms with Crippen molar-refractivity contribution in [1.29, 1.82) is 0 Å². The van der Waals surface area contributed by atoms with Crippen LogP contribution in [-0.2, 0) is 13.5 Å². The molecule has 0 aliphatic carbocycles. The summed E-state index contributed by atoms with van der Waals surface area (Å²) in [6, 6.07) is 21.8. The Labute approximate surface area is 137 Å². The molecule has 0 saturated carbocycles. The molecule has 0 amide bonds. The van der Waals surface area contributed by atoms with Gasteiger partial charge in [0.15, 0.2) is 0 Å². The van der Waals surface area contributed by atoms with Gasteiger partial charge in [-0.25, -0.2) is 0 Å². The normalized spacial score (nSPS) is 11.4. The maximum Gasteiger partial charge on any atom is 0.0497 e. The van der Waals surface area contributed by atoms with Crippen molar-refractivity contribution in [2.45, 2.75) is 20.3 Å². The van der Waals surface area contributed by atoms with Gasteiger partial charge in [-0.15, -0.1) is 0 Å². The summed E-state index contributed by atoms with van der Waals surface area (Å²) < 4.78 is 2.32. The van der Waals surface area contributed by atoms with E-state index in [2.05, 4.69) is 86.1 Å². The first-order valence-electron chi connectivity index (χ1n) is 8.27. The summed E-state index contributed by atoms with van der Waals surface area (Å²) in [5.74, 6) is 0. The third-order valence-electron chi connectivity index (χ3n) is 5.02. The highest BCUT2D eigenvalue weighted by Gasteiger charge is 2.16. The predicted molar refractivity (Wildman–Crippen MR) is 100.0 cm³/mol. The second-order valence-corrected chi connectivity index (χ2v) is 6.22. The van der Waals surface area contributed by atoms with Crippen LogP contribution < -0.4 is 0 Å². The minimum Gasteiger partial charge on any atom is -0.344 e. The second kappa shape index (κ2) is 5.27. The molecule has 0 saturated heterocycles. The number of rotatable bonds is 2. The number of nitrogens with zero attached hydrogens (tertiary/aromatic N) is 1. The Balaban J connectivity index is 2.18. The first kappa shape index (κ1) is 14.1. The minimum absolute atomic E-state index is 1.05. The fourth-order valence-corrected chi connectivity index (χ4v) is 3.88. The number of hydrogen-bond donors (Lipinski definition) is 0. The molecule has 1 heteroatoms. The quantitative estimate of drug-likeness (QED) is 0.436. The molecule has 3 aromatic carbocycles. The standard InChI is InChI=1S/C22H21N/c1-4-17-15(2)22-18-12-8-9-13-20(18)23(3)21(22)14-19(17)16-10-6-5-7-11-16/h5-14H,4H2,1-3H3. The van der Waals surface area contributed by atoms with Crippen LogP contribution in [0.3, 0.4) is 0 Å². The van der Waals surface area contributed by atoms with E-state index in [1.807, 2.05) is 0 Å². The summed E-state index contributed by atoms with van der Waals surface area (Å²) in [5, 5.41) is 2.76. The first-order valence-corrected chi connectivity index (χ1v) is 8.27. The van der Waals surface area contributed by atoms with Gasteiger partial charge in [-0.2, -0.15) is 0 Å². The van der Waals surface area contributed by atoms with Crippen LogP contribution in [0.5, 0.6) is 0 Å². The van der Waals surface area contributed by atoms with Crippen LogP contribution in [0.1, 0.15) is 18.1 Å². The zero-order valence-electron chi connectivity index (χ0n) is 13.9. The van der Waals surface area contributed by atoms with Crippen molar-refractivity contribution in [3.8, 4) is 11.1 Å². The van der Waals surface area contributed by atoms with Crippen molar-refractivity contribution in [1.82, 2.24) is 4.57 Å². The second-order valence-electron chi connectivity index (χ2n) is 6.22. The highest BCUT2D eigenvalue weighted by molar-refractivity contribution is 6.11. The lowest BCUT2D eigenvalue weighted by Gasteiger charge is -2.14. The van der Waals surface area contributed by atoms with Crippen LogP contribution >= 0.6 is 0 Å². The molecule has 0 aliphatic heterocycles. The Hall–Kier alpha value is -2.54. The van der Waals surface area contributed by atoms with Crippen molar-refractivity contribution in [3.05, 3.63) is 71.8 Å². The van der Waals surface area contributed by atoms with Crippen molar-refractivity contribution < 1.29 is 0 Å². The fraction of sp³-hybridized carbons (Fsp3) is 0.182. The Morgan fingerprint density at radius 1 is 0.870 bits per heavy atom. The predicted octanol–water partition coefficient (Wildman–Crippen LogP) is 5.87. The van der Waals surface area contributed by atoms with Gasteiger partial charge < -0.3 is 4.57 Å². The maximum absolute atomic E-state index is 2.37. The van der Waals surface area contributed by atoms with Crippen LogP contribution in [0.15, 0.2) is 60.7 Å². The molecule has 0 spiro atoms. The number of para-hydroxylation sites is 1. The molecule has 4 rings (SSSR count). The topological polar surface area (TPSA) is 4.93 Å². The minimum atomic E-state index is 1.05. The third-order valence-corrected chi connectivity index (χ3v) is 5.02. The smallest absolute Gasteiger partial charge is 0.0497 e. The largest absolute Gasteiger partial charge is 0.344 e. The van der Waals surface area contributed by atoms with Crippen molar-refractivity contribution in [2.75, 3.05) is 0 Å². The third kappa shape index (κ3) is 2.00. The van der Waals surface area contributed by atoms with Gasteiger partial charge in [0.25, 0.3) is 0 Å². The molecule has 0 N–H and O–H groups in total. The van der Waals surface area contributed by atoms with Gasteiger partial charge in [-0.05, 0) is 47.7 Å². The Morgan fingerprint density at radius 3 is 2.30 bits per heavy atom. The molecule has 0 atom stereocenters. The molecular formula is C22H21N. The molecule has 1 heterocycles. The maximum atomic E-state index is 2.37. The van der Waals surface area contributed by atoms with Gasteiger partial charge in [-0.1, -0.05) is 55.5 Å². The monoisotopic (exact) mass is 299 g/mol. The lowest BCUT2D eigenvalue weighted by molar-refractivity contribution is 1.01. The molecule has 1 aromatic heterocycles. The summed E-state index contributed by atoms with van der Waals surface area (Å²) in [6.45, 7) is 4.53. The van der Waals surface area contributed by atoms with Crippen LogP contribution in [0, 0.1) is 6.92 Å². The molecule has 1 nitrogen and oxygen atoms in total. The van der Waals surface area contributed by atoms with Crippen LogP contribution in [0.2, 0.25) is 0 Å². The summed E-state index contributed by atoms with van der Waals surface area (Å²) in [4.78, 5) is 0. The Bertz CT molecular complexity index is 1010. The number of aryl methyl sites for hydroxylation is 2. The average Bonchev–Trinajstić information content (AvgIpc) is 2.89. The number of benzene rings is 3. The van der Waals surface area contributed by atoms with E-state index in [-0.39, 0.29) is 0 Å². The number of hydrogen-bond acceptors (Lipinski definition) is 0. The van der Waals surface area contributed by atoms with E-state index in [1.165, 1.54) is 44.1 Å². The summed E-state index contributed by atoms with van der Waals surface area (Å²) in [5.41, 5.74) is 8.17. The van der Waals surface area contributed by atoms with Gasteiger partial charge in [0, 0.05) is 28.9 Å². The average molecular weight is 299 g/mol. The van der Waals surface area contributed by atoms with Crippen LogP contribution in [-0.4, -0.2) is 4.57 Å². The van der Waals surface area contributed by atoms with E-state index in [1.54, 1.807) is 0 Å². The molecule has 0 aliphatic rings. The summed E-state index contributed by atoms with van der Waals surface area (Å²) in [7, 11) is 2.17. The van der Waals surface area contributed by atoms with Gasteiger partial charge in [-0.3, -0.25) is 0 Å². The summed E-state index contributed by atoms with van der Waals surface area (Å²) >= 11 is 0. The van der Waals surface area contributed by atoms with Gasteiger partial charge in [0.1, 0.15) is 0 Å². The lowest BCUT2D eigenvalue weighted by Crippen LogP contribution is -1.95. The van der Waals surface area contributed by atoms with E-state index in [0.717, 1.165) is 6.42 Å². The molecule has 114 valence electrons. The van der Waals surface area contributed by atoms with Crippen molar-refractivity contribution >= 4 is 21.8 Å². The van der Waals surface area contributed by atoms with Crippen LogP contribution in [0.25, 0.3) is 32.9 Å². The SMILES string of the molecule is CCc1c(-c2ccccc2)cc2c(c1C)c1ccccc1n2C. The van der Waals surface area contributed by atoms with Gasteiger partial charge in [0.05, 0.1) is 0 Å². The lowest BCUT2D eigenvalue weighted by atomic mass is 9.91. The number of fused-ring (bicyclic) bond motifs is 3. The van der Waals surface area contributed by atoms with Gasteiger partial charge >= 0.3 is 0 Å². The molecule has 0 unspecified atom stereocenters. The van der Waals surface area contributed by atoms with Crippen molar-refractivity contribution in [3.63, 3.8) is 0 Å². The molecule has 0 fully saturated rings. The molecule has 4 aromatic rings. The Morgan fingerprint density at radius 2 is 1.57 bits per heavy atom.